The molecule has 2 rings (SSSR count). The van der Waals surface area contributed by atoms with Gasteiger partial charge in [-0.05, 0) is 42.2 Å². The zero-order valence-electron chi connectivity index (χ0n) is 21.4. The molecule has 0 fully saturated rings. The standard InChI is InChI=1S/C28H35N3O7/c1-28(16-13-20(14-17-28)8-7-19-5-3-2-4-6-19)18-15-23(32)30-22(10-12-25(35)36)27(38)31-21(26(29)37)9-11-24(33)34/h2-8,13-14,16,21-22H,9-12,15,17-18H2,1H3,(H2,29,37)(H,30,32)(H,31,38)(H,33,34)(H,35,36)/t21-,22?,28?/m0/s1. The summed E-state index contributed by atoms with van der Waals surface area (Å²) in [4.78, 5) is 58.9. The molecule has 38 heavy (non-hydrogen) atoms. The molecule has 0 radical (unpaired) electrons. The van der Waals surface area contributed by atoms with Gasteiger partial charge in [0.05, 0.1) is 0 Å². The van der Waals surface area contributed by atoms with Crippen molar-refractivity contribution in [3.05, 3.63) is 65.8 Å². The van der Waals surface area contributed by atoms with Crippen LogP contribution in [0, 0.1) is 5.41 Å². The van der Waals surface area contributed by atoms with Crippen molar-refractivity contribution < 1.29 is 34.2 Å². The smallest absolute Gasteiger partial charge is 0.303 e. The number of aliphatic carboxylic acids is 2. The lowest BCUT2D eigenvalue weighted by Crippen LogP contribution is -2.53. The second kappa shape index (κ2) is 14.5. The summed E-state index contributed by atoms with van der Waals surface area (Å²) in [5.74, 6) is -4.48. The first-order valence-electron chi connectivity index (χ1n) is 12.4. The molecule has 10 nitrogen and oxygen atoms in total. The van der Waals surface area contributed by atoms with Gasteiger partial charge in [0.25, 0.3) is 0 Å². The van der Waals surface area contributed by atoms with Crippen LogP contribution in [-0.4, -0.2) is 52.0 Å². The fraction of sp³-hybridized carbons (Fsp3) is 0.393. The molecule has 2 unspecified atom stereocenters. The molecule has 0 saturated heterocycles. The van der Waals surface area contributed by atoms with Crippen LogP contribution in [0.1, 0.15) is 57.4 Å². The summed E-state index contributed by atoms with van der Waals surface area (Å²) < 4.78 is 0. The van der Waals surface area contributed by atoms with Crippen LogP contribution in [0.15, 0.2) is 60.2 Å². The average molecular weight is 526 g/mol. The van der Waals surface area contributed by atoms with Gasteiger partial charge in [-0.25, -0.2) is 0 Å². The summed E-state index contributed by atoms with van der Waals surface area (Å²) in [6.45, 7) is 2.03. The number of rotatable bonds is 15. The highest BCUT2D eigenvalue weighted by atomic mass is 16.4. The zero-order valence-corrected chi connectivity index (χ0v) is 21.4. The molecule has 0 heterocycles. The summed E-state index contributed by atoms with van der Waals surface area (Å²) in [6, 6.07) is 7.46. The van der Waals surface area contributed by atoms with Crippen LogP contribution >= 0.6 is 0 Å². The predicted molar refractivity (Wildman–Crippen MR) is 141 cm³/mol. The number of nitrogens with two attached hydrogens (primary N) is 1. The maximum Gasteiger partial charge on any atom is 0.303 e. The molecule has 1 aromatic carbocycles. The Morgan fingerprint density at radius 3 is 2.13 bits per heavy atom. The van der Waals surface area contributed by atoms with E-state index in [1.54, 1.807) is 0 Å². The van der Waals surface area contributed by atoms with Crippen LogP contribution in [-0.2, 0) is 24.0 Å². The van der Waals surface area contributed by atoms with Gasteiger partial charge in [0.15, 0.2) is 0 Å². The molecule has 0 saturated carbocycles. The maximum absolute atomic E-state index is 12.7. The van der Waals surface area contributed by atoms with Gasteiger partial charge < -0.3 is 26.6 Å². The van der Waals surface area contributed by atoms with Crippen molar-refractivity contribution in [2.24, 2.45) is 11.1 Å². The third kappa shape index (κ3) is 10.8. The van der Waals surface area contributed by atoms with Gasteiger partial charge in [-0.15, -0.1) is 0 Å². The number of carboxylic acid groups (broad SMARTS) is 2. The number of carbonyl (C=O) groups excluding carboxylic acids is 3. The Balaban J connectivity index is 1.93. The zero-order chi connectivity index (χ0) is 28.1. The summed E-state index contributed by atoms with van der Waals surface area (Å²) in [5, 5.41) is 22.7. The summed E-state index contributed by atoms with van der Waals surface area (Å²) in [6.07, 6.45) is 10.3. The normalized spacial score (nSPS) is 18.3. The van der Waals surface area contributed by atoms with E-state index in [0.717, 1.165) is 17.6 Å². The van der Waals surface area contributed by atoms with Crippen LogP contribution < -0.4 is 16.4 Å². The SMILES string of the molecule is CC1(CCC(=O)NC(CCC(=O)O)C(=O)N[C@@H](CCC(=O)O)C(N)=O)C=CC(C=Cc2ccccc2)=CC1. The van der Waals surface area contributed by atoms with E-state index >= 15 is 0 Å². The van der Waals surface area contributed by atoms with Crippen LogP contribution in [0.2, 0.25) is 0 Å². The second-order valence-electron chi connectivity index (χ2n) is 9.59. The molecule has 0 aliphatic heterocycles. The molecule has 1 aliphatic carbocycles. The molecule has 0 spiro atoms. The molecule has 6 N–H and O–H groups in total. The van der Waals surface area contributed by atoms with Gasteiger partial charge in [-0.2, -0.15) is 0 Å². The highest BCUT2D eigenvalue weighted by molar-refractivity contribution is 5.92. The van der Waals surface area contributed by atoms with Crippen molar-refractivity contribution in [3.63, 3.8) is 0 Å². The van der Waals surface area contributed by atoms with Crippen molar-refractivity contribution in [1.82, 2.24) is 10.6 Å². The lowest BCUT2D eigenvalue weighted by molar-refractivity contribution is -0.139. The summed E-state index contributed by atoms with van der Waals surface area (Å²) in [5.41, 5.74) is 7.14. The lowest BCUT2D eigenvalue weighted by Gasteiger charge is -2.28. The van der Waals surface area contributed by atoms with E-state index < -0.39 is 48.2 Å². The molecule has 3 amide bonds. The minimum absolute atomic E-state index is 0.0962. The first kappa shape index (κ1) is 30.0. The lowest BCUT2D eigenvalue weighted by atomic mass is 9.78. The number of nitrogens with one attached hydrogen (secondary N) is 2. The van der Waals surface area contributed by atoms with E-state index in [-0.39, 0.29) is 31.1 Å². The number of carboxylic acids is 2. The van der Waals surface area contributed by atoms with Crippen LogP contribution in [0.5, 0.6) is 0 Å². The van der Waals surface area contributed by atoms with Crippen molar-refractivity contribution in [2.45, 2.75) is 64.0 Å². The fourth-order valence-electron chi connectivity index (χ4n) is 3.88. The van der Waals surface area contributed by atoms with Crippen LogP contribution in [0.25, 0.3) is 6.08 Å². The molecule has 3 atom stereocenters. The number of amides is 3. The summed E-state index contributed by atoms with van der Waals surface area (Å²) in [7, 11) is 0. The van der Waals surface area contributed by atoms with Gasteiger partial charge in [0, 0.05) is 19.3 Å². The largest absolute Gasteiger partial charge is 0.481 e. The van der Waals surface area contributed by atoms with E-state index in [1.165, 1.54) is 0 Å². The van der Waals surface area contributed by atoms with Gasteiger partial charge in [-0.1, -0.05) is 67.6 Å². The van der Waals surface area contributed by atoms with E-state index in [2.05, 4.69) is 22.8 Å². The number of hydrogen-bond acceptors (Lipinski definition) is 5. The van der Waals surface area contributed by atoms with E-state index in [0.29, 0.717) is 6.42 Å². The number of carbonyl (C=O) groups is 5. The number of benzene rings is 1. The molecule has 204 valence electrons. The minimum Gasteiger partial charge on any atom is -0.481 e. The Morgan fingerprint density at radius 2 is 1.58 bits per heavy atom. The van der Waals surface area contributed by atoms with E-state index in [4.69, 9.17) is 15.9 Å². The first-order valence-corrected chi connectivity index (χ1v) is 12.4. The number of allylic oxidation sites excluding steroid dienone is 5. The van der Waals surface area contributed by atoms with Crippen LogP contribution in [0.4, 0.5) is 0 Å². The quantitative estimate of drug-likeness (QED) is 0.234. The van der Waals surface area contributed by atoms with Crippen molar-refractivity contribution in [2.75, 3.05) is 0 Å². The van der Waals surface area contributed by atoms with E-state index in [9.17, 15) is 24.0 Å². The van der Waals surface area contributed by atoms with Crippen LogP contribution in [0.3, 0.4) is 0 Å². The molecule has 0 bridgehead atoms. The Labute approximate surface area is 221 Å². The topological polar surface area (TPSA) is 176 Å². The number of hydrogen-bond donors (Lipinski definition) is 5. The molecular formula is C28H35N3O7. The molecule has 1 aromatic rings. The highest BCUT2D eigenvalue weighted by Crippen LogP contribution is 2.34. The van der Waals surface area contributed by atoms with Crippen molar-refractivity contribution in [3.8, 4) is 0 Å². The molecule has 0 aromatic heterocycles. The van der Waals surface area contributed by atoms with Gasteiger partial charge in [0.1, 0.15) is 12.1 Å². The van der Waals surface area contributed by atoms with E-state index in [1.807, 2.05) is 55.5 Å². The van der Waals surface area contributed by atoms with Gasteiger partial charge in [-0.3, -0.25) is 24.0 Å². The van der Waals surface area contributed by atoms with Crippen molar-refractivity contribution >= 4 is 35.7 Å². The average Bonchev–Trinajstić information content (AvgIpc) is 2.87. The summed E-state index contributed by atoms with van der Waals surface area (Å²) >= 11 is 0. The fourth-order valence-corrected chi connectivity index (χ4v) is 3.88. The van der Waals surface area contributed by atoms with Gasteiger partial charge >= 0.3 is 11.9 Å². The third-order valence-corrected chi connectivity index (χ3v) is 6.28. The Hall–Kier alpha value is -4.21. The van der Waals surface area contributed by atoms with Gasteiger partial charge in [0.2, 0.25) is 17.7 Å². The molecule has 1 aliphatic rings. The minimum atomic E-state index is -1.26. The second-order valence-corrected chi connectivity index (χ2v) is 9.59. The first-order chi connectivity index (χ1) is 18.0. The third-order valence-electron chi connectivity index (χ3n) is 6.28. The molecular weight excluding hydrogens is 490 g/mol. The Bertz CT molecular complexity index is 1110. The molecule has 10 heteroatoms. The predicted octanol–water partition coefficient (Wildman–Crippen LogP) is 2.56. The monoisotopic (exact) mass is 525 g/mol. The maximum atomic E-state index is 12.7. The Morgan fingerprint density at radius 1 is 0.947 bits per heavy atom. The Kier molecular flexibility index (Phi) is 11.5. The number of primary amides is 1. The highest BCUT2D eigenvalue weighted by Gasteiger charge is 2.28. The van der Waals surface area contributed by atoms with Crippen molar-refractivity contribution in [1.29, 1.82) is 0 Å².